The Hall–Kier alpha value is -3.01. The molecular formula is C14H13N5O. The fourth-order valence-electron chi connectivity index (χ4n) is 1.45. The van der Waals surface area contributed by atoms with Crippen molar-refractivity contribution >= 4 is 11.4 Å². The third kappa shape index (κ3) is 4.03. The van der Waals surface area contributed by atoms with Crippen LogP contribution >= 0.6 is 0 Å². The fourth-order valence-corrected chi connectivity index (χ4v) is 1.45. The van der Waals surface area contributed by atoms with Gasteiger partial charge in [-0.2, -0.15) is 15.8 Å². The number of nitrogens with one attached hydrogen (secondary N) is 2. The van der Waals surface area contributed by atoms with Gasteiger partial charge in [0.05, 0.1) is 18.0 Å². The van der Waals surface area contributed by atoms with E-state index < -0.39 is 0 Å². The Labute approximate surface area is 117 Å². The molecule has 1 aromatic carbocycles. The summed E-state index contributed by atoms with van der Waals surface area (Å²) >= 11 is 0. The first-order chi connectivity index (χ1) is 9.76. The van der Waals surface area contributed by atoms with E-state index in [4.69, 9.17) is 20.5 Å². The molecule has 20 heavy (non-hydrogen) atoms. The van der Waals surface area contributed by atoms with Gasteiger partial charge in [-0.3, -0.25) is 0 Å². The molecule has 0 amide bonds. The number of nitrogens with zero attached hydrogens (tertiary/aromatic N) is 3. The number of rotatable bonds is 6. The van der Waals surface area contributed by atoms with Gasteiger partial charge in [-0.1, -0.05) is 12.1 Å². The monoisotopic (exact) mass is 267 g/mol. The van der Waals surface area contributed by atoms with Crippen LogP contribution in [-0.2, 0) is 4.74 Å². The molecule has 0 aromatic heterocycles. The van der Waals surface area contributed by atoms with E-state index in [1.54, 1.807) is 31.4 Å². The Kier molecular flexibility index (Phi) is 6.14. The van der Waals surface area contributed by atoms with E-state index in [0.717, 1.165) is 5.69 Å². The van der Waals surface area contributed by atoms with Crippen molar-refractivity contribution in [2.24, 2.45) is 0 Å². The molecule has 0 saturated carbocycles. The molecule has 0 saturated heterocycles. The van der Waals surface area contributed by atoms with Crippen molar-refractivity contribution in [1.82, 2.24) is 0 Å². The van der Waals surface area contributed by atoms with Crippen molar-refractivity contribution in [3.63, 3.8) is 0 Å². The van der Waals surface area contributed by atoms with Gasteiger partial charge in [0.15, 0.2) is 5.57 Å². The Balaban J connectivity index is 2.98. The van der Waals surface area contributed by atoms with E-state index in [1.807, 2.05) is 18.2 Å². The van der Waals surface area contributed by atoms with E-state index in [1.165, 1.54) is 0 Å². The topological polar surface area (TPSA) is 105 Å². The van der Waals surface area contributed by atoms with Crippen molar-refractivity contribution in [1.29, 1.82) is 15.8 Å². The maximum Gasteiger partial charge on any atom is 0.163 e. The number of para-hydroxylation sites is 2. The molecule has 0 bridgehead atoms. The van der Waals surface area contributed by atoms with Crippen LogP contribution in [0.25, 0.3) is 0 Å². The molecule has 0 radical (unpaired) electrons. The van der Waals surface area contributed by atoms with Gasteiger partial charge >= 0.3 is 0 Å². The number of allylic oxidation sites excluding steroid dienone is 2. The smallest absolute Gasteiger partial charge is 0.163 e. The van der Waals surface area contributed by atoms with Crippen molar-refractivity contribution < 1.29 is 4.74 Å². The molecule has 0 spiro atoms. The number of benzene rings is 1. The lowest BCUT2D eigenvalue weighted by molar-refractivity contribution is 0.211. The predicted molar refractivity (Wildman–Crippen MR) is 74.3 cm³/mol. The van der Waals surface area contributed by atoms with Crippen molar-refractivity contribution in [2.75, 3.05) is 30.9 Å². The van der Waals surface area contributed by atoms with Crippen LogP contribution in [0.5, 0.6) is 0 Å². The lowest BCUT2D eigenvalue weighted by atomic mass is 10.2. The number of anilines is 2. The summed E-state index contributed by atoms with van der Waals surface area (Å²) in [5.41, 5.74) is 1.05. The van der Waals surface area contributed by atoms with Gasteiger partial charge in [-0.25, -0.2) is 0 Å². The molecule has 6 heteroatoms. The molecule has 0 aliphatic carbocycles. The van der Waals surface area contributed by atoms with E-state index in [0.29, 0.717) is 18.8 Å². The lowest BCUT2D eigenvalue weighted by Crippen LogP contribution is -2.10. The van der Waals surface area contributed by atoms with Crippen LogP contribution in [0.15, 0.2) is 35.5 Å². The number of hydrogen-bond donors (Lipinski definition) is 2. The molecule has 1 aromatic rings. The minimum atomic E-state index is -0.251. The largest absolute Gasteiger partial charge is 0.383 e. The molecule has 2 N–H and O–H groups in total. The maximum absolute atomic E-state index is 9.01. The summed E-state index contributed by atoms with van der Waals surface area (Å²) in [6.07, 6.45) is 0. The van der Waals surface area contributed by atoms with Crippen LogP contribution in [0, 0.1) is 34.0 Å². The molecule has 0 aliphatic heterocycles. The maximum atomic E-state index is 9.01. The SMILES string of the molecule is COCCNc1ccccc1NC(C#N)=C(C#N)C#N. The summed E-state index contributed by atoms with van der Waals surface area (Å²) in [4.78, 5) is 0. The first-order valence-electron chi connectivity index (χ1n) is 5.80. The van der Waals surface area contributed by atoms with Gasteiger partial charge in [0.25, 0.3) is 0 Å². The second kappa shape index (κ2) is 8.16. The normalized spacial score (nSPS) is 8.70. The van der Waals surface area contributed by atoms with Crippen LogP contribution in [0.1, 0.15) is 0 Å². The van der Waals surface area contributed by atoms with E-state index in [2.05, 4.69) is 10.6 Å². The Bertz CT molecular complexity index is 600. The molecular weight excluding hydrogens is 254 g/mol. The van der Waals surface area contributed by atoms with Crippen LogP contribution < -0.4 is 10.6 Å². The van der Waals surface area contributed by atoms with Gasteiger partial charge in [0.1, 0.15) is 23.9 Å². The highest BCUT2D eigenvalue weighted by Gasteiger charge is 2.08. The summed E-state index contributed by atoms with van der Waals surface area (Å²) in [5.74, 6) is 0. The van der Waals surface area contributed by atoms with Gasteiger partial charge < -0.3 is 15.4 Å². The Morgan fingerprint density at radius 3 is 2.30 bits per heavy atom. The average Bonchev–Trinajstić information content (AvgIpc) is 2.49. The second-order valence-corrected chi connectivity index (χ2v) is 3.68. The summed E-state index contributed by atoms with van der Waals surface area (Å²) in [7, 11) is 1.61. The zero-order valence-electron chi connectivity index (χ0n) is 11.0. The van der Waals surface area contributed by atoms with Crippen LogP contribution in [0.3, 0.4) is 0 Å². The quantitative estimate of drug-likeness (QED) is 0.603. The zero-order chi connectivity index (χ0) is 14.8. The number of hydrogen-bond acceptors (Lipinski definition) is 6. The number of nitriles is 3. The van der Waals surface area contributed by atoms with Gasteiger partial charge in [0, 0.05) is 13.7 Å². The average molecular weight is 267 g/mol. The molecule has 0 aliphatic rings. The lowest BCUT2D eigenvalue weighted by Gasteiger charge is -2.12. The molecule has 0 heterocycles. The first-order valence-corrected chi connectivity index (χ1v) is 5.80. The highest BCUT2D eigenvalue weighted by molar-refractivity contribution is 5.72. The van der Waals surface area contributed by atoms with Crippen molar-refractivity contribution in [2.45, 2.75) is 0 Å². The summed E-state index contributed by atoms with van der Waals surface area (Å²) in [5, 5.41) is 32.5. The molecule has 1 rings (SSSR count). The standard InChI is InChI=1S/C14H13N5O/c1-20-7-6-18-12-4-2-3-5-13(12)19-14(10-17)11(8-15)9-16/h2-5,18-19H,6-7H2,1H3. The summed E-state index contributed by atoms with van der Waals surface area (Å²) in [6.45, 7) is 1.14. The summed E-state index contributed by atoms with van der Waals surface area (Å²) in [6, 6.07) is 12.4. The highest BCUT2D eigenvalue weighted by atomic mass is 16.5. The molecule has 0 unspecified atom stereocenters. The fraction of sp³-hybridized carbons (Fsp3) is 0.214. The highest BCUT2D eigenvalue weighted by Crippen LogP contribution is 2.22. The third-order valence-electron chi connectivity index (χ3n) is 2.39. The molecule has 0 fully saturated rings. The van der Waals surface area contributed by atoms with Crippen LogP contribution in [0.2, 0.25) is 0 Å². The van der Waals surface area contributed by atoms with E-state index >= 15 is 0 Å². The molecule has 6 nitrogen and oxygen atoms in total. The Morgan fingerprint density at radius 1 is 1.10 bits per heavy atom. The van der Waals surface area contributed by atoms with E-state index in [-0.39, 0.29) is 11.3 Å². The third-order valence-corrected chi connectivity index (χ3v) is 2.39. The summed E-state index contributed by atoms with van der Waals surface area (Å²) < 4.78 is 4.95. The minimum absolute atomic E-state index is 0.0732. The zero-order valence-corrected chi connectivity index (χ0v) is 11.0. The number of methoxy groups -OCH3 is 1. The van der Waals surface area contributed by atoms with E-state index in [9.17, 15) is 0 Å². The molecule has 100 valence electrons. The van der Waals surface area contributed by atoms with Gasteiger partial charge in [-0.05, 0) is 12.1 Å². The molecule has 0 atom stereocenters. The van der Waals surface area contributed by atoms with Crippen LogP contribution in [-0.4, -0.2) is 20.3 Å². The van der Waals surface area contributed by atoms with Crippen molar-refractivity contribution in [3.8, 4) is 18.2 Å². The van der Waals surface area contributed by atoms with Gasteiger partial charge in [-0.15, -0.1) is 0 Å². The second-order valence-electron chi connectivity index (χ2n) is 3.68. The minimum Gasteiger partial charge on any atom is -0.383 e. The number of ether oxygens (including phenoxy) is 1. The Morgan fingerprint density at radius 2 is 1.75 bits per heavy atom. The van der Waals surface area contributed by atoms with Crippen LogP contribution in [0.4, 0.5) is 11.4 Å². The first kappa shape index (κ1) is 15.0. The van der Waals surface area contributed by atoms with Crippen molar-refractivity contribution in [3.05, 3.63) is 35.5 Å². The van der Waals surface area contributed by atoms with Gasteiger partial charge in [0.2, 0.25) is 0 Å². The predicted octanol–water partition coefficient (Wildman–Crippen LogP) is 1.98.